The zero-order valence-electron chi connectivity index (χ0n) is 14.2. The summed E-state index contributed by atoms with van der Waals surface area (Å²) in [4.78, 5) is 2.56. The van der Waals surface area contributed by atoms with E-state index >= 15 is 0 Å². The number of methoxy groups -OCH3 is 1. The third kappa shape index (κ3) is 4.08. The fourth-order valence-electron chi connectivity index (χ4n) is 3.38. The minimum atomic E-state index is 0.191. The van der Waals surface area contributed by atoms with Crippen LogP contribution in [0.3, 0.4) is 0 Å². The first-order valence-corrected chi connectivity index (χ1v) is 8.63. The summed E-state index contributed by atoms with van der Waals surface area (Å²) in [5, 5.41) is 13.4. The standard InChI is InChI=1S/C20H26N2O2/c1-24-20-10-9-16(13-19(20)23)14-21-15-18(22-11-5-6-12-22)17-7-3-2-4-8-17/h2-4,7-10,13,18,21,23H,5-6,11-12,14-15H2,1H3. The van der Waals surface area contributed by atoms with Crippen molar-refractivity contribution in [2.24, 2.45) is 0 Å². The smallest absolute Gasteiger partial charge is 0.160 e. The first-order valence-electron chi connectivity index (χ1n) is 8.63. The average Bonchev–Trinajstić information content (AvgIpc) is 3.14. The number of likely N-dealkylation sites (tertiary alicyclic amines) is 1. The van der Waals surface area contributed by atoms with Gasteiger partial charge in [0.1, 0.15) is 0 Å². The molecule has 0 aromatic heterocycles. The number of rotatable bonds is 7. The minimum Gasteiger partial charge on any atom is -0.504 e. The zero-order chi connectivity index (χ0) is 16.8. The van der Waals surface area contributed by atoms with Gasteiger partial charge in [0.05, 0.1) is 7.11 Å². The molecular weight excluding hydrogens is 300 g/mol. The number of phenolic OH excluding ortho intramolecular Hbond substituents is 1. The van der Waals surface area contributed by atoms with Gasteiger partial charge >= 0.3 is 0 Å². The van der Waals surface area contributed by atoms with Crippen LogP contribution in [0.25, 0.3) is 0 Å². The molecule has 2 aromatic rings. The summed E-state index contributed by atoms with van der Waals surface area (Å²) in [6.45, 7) is 3.97. The van der Waals surface area contributed by atoms with Crippen LogP contribution < -0.4 is 10.1 Å². The number of phenols is 1. The molecule has 1 unspecified atom stereocenters. The van der Waals surface area contributed by atoms with E-state index in [9.17, 15) is 5.11 Å². The van der Waals surface area contributed by atoms with E-state index in [1.54, 1.807) is 13.2 Å². The van der Waals surface area contributed by atoms with Crippen molar-refractivity contribution in [1.82, 2.24) is 10.2 Å². The van der Waals surface area contributed by atoms with Gasteiger partial charge in [0.15, 0.2) is 11.5 Å². The van der Waals surface area contributed by atoms with Crippen LogP contribution in [0.5, 0.6) is 11.5 Å². The Balaban J connectivity index is 1.62. The molecule has 2 N–H and O–H groups in total. The van der Waals surface area contributed by atoms with Crippen molar-refractivity contribution < 1.29 is 9.84 Å². The van der Waals surface area contributed by atoms with Gasteiger partial charge in [-0.1, -0.05) is 36.4 Å². The van der Waals surface area contributed by atoms with Crippen molar-refractivity contribution in [2.45, 2.75) is 25.4 Å². The lowest BCUT2D eigenvalue weighted by Crippen LogP contribution is -2.34. The van der Waals surface area contributed by atoms with Gasteiger partial charge in [0, 0.05) is 19.1 Å². The second-order valence-corrected chi connectivity index (χ2v) is 6.31. The summed E-state index contributed by atoms with van der Waals surface area (Å²) in [6, 6.07) is 16.7. The van der Waals surface area contributed by atoms with Crippen LogP contribution in [0.2, 0.25) is 0 Å². The number of nitrogens with zero attached hydrogens (tertiary/aromatic N) is 1. The lowest BCUT2D eigenvalue weighted by molar-refractivity contribution is 0.238. The van der Waals surface area contributed by atoms with Crippen molar-refractivity contribution in [2.75, 3.05) is 26.7 Å². The van der Waals surface area contributed by atoms with Gasteiger partial charge in [-0.2, -0.15) is 0 Å². The average molecular weight is 326 g/mol. The largest absolute Gasteiger partial charge is 0.504 e. The number of hydrogen-bond acceptors (Lipinski definition) is 4. The molecule has 0 saturated carbocycles. The van der Waals surface area contributed by atoms with Crippen LogP contribution in [0.4, 0.5) is 0 Å². The number of benzene rings is 2. The molecule has 1 saturated heterocycles. The van der Waals surface area contributed by atoms with Crippen LogP contribution >= 0.6 is 0 Å². The Labute approximate surface area is 144 Å². The molecule has 2 aromatic carbocycles. The molecule has 1 heterocycles. The Kier molecular flexibility index (Phi) is 5.72. The van der Waals surface area contributed by atoms with E-state index in [-0.39, 0.29) is 5.75 Å². The first kappa shape index (κ1) is 16.8. The van der Waals surface area contributed by atoms with Gasteiger partial charge < -0.3 is 15.2 Å². The van der Waals surface area contributed by atoms with Gasteiger partial charge in [0.25, 0.3) is 0 Å². The van der Waals surface area contributed by atoms with E-state index in [1.165, 1.54) is 31.5 Å². The van der Waals surface area contributed by atoms with E-state index in [2.05, 4.69) is 40.5 Å². The van der Waals surface area contributed by atoms with Crippen molar-refractivity contribution in [1.29, 1.82) is 0 Å². The van der Waals surface area contributed by atoms with Crippen LogP contribution in [0.1, 0.15) is 30.0 Å². The molecule has 0 amide bonds. The monoisotopic (exact) mass is 326 g/mol. The Hall–Kier alpha value is -2.04. The molecule has 4 heteroatoms. The van der Waals surface area contributed by atoms with E-state index in [0.717, 1.165) is 18.7 Å². The lowest BCUT2D eigenvalue weighted by atomic mass is 10.1. The molecule has 4 nitrogen and oxygen atoms in total. The molecule has 1 aliphatic rings. The normalized spacial score (nSPS) is 16.2. The molecule has 1 atom stereocenters. The van der Waals surface area contributed by atoms with Gasteiger partial charge in [-0.25, -0.2) is 0 Å². The fraction of sp³-hybridized carbons (Fsp3) is 0.400. The molecule has 3 rings (SSSR count). The van der Waals surface area contributed by atoms with Crippen LogP contribution in [-0.2, 0) is 6.54 Å². The molecule has 24 heavy (non-hydrogen) atoms. The van der Waals surface area contributed by atoms with Crippen molar-refractivity contribution >= 4 is 0 Å². The number of ether oxygens (including phenoxy) is 1. The highest BCUT2D eigenvalue weighted by Gasteiger charge is 2.22. The molecule has 1 aliphatic heterocycles. The number of hydrogen-bond donors (Lipinski definition) is 2. The molecule has 0 spiro atoms. The third-order valence-corrected chi connectivity index (χ3v) is 4.68. The molecule has 0 aliphatic carbocycles. The molecule has 128 valence electrons. The maximum Gasteiger partial charge on any atom is 0.160 e. The third-order valence-electron chi connectivity index (χ3n) is 4.68. The summed E-state index contributed by atoms with van der Waals surface area (Å²) >= 11 is 0. The molecular formula is C20H26N2O2. The second kappa shape index (κ2) is 8.18. The molecule has 0 radical (unpaired) electrons. The van der Waals surface area contributed by atoms with Gasteiger partial charge in [-0.3, -0.25) is 4.90 Å². The molecule has 0 bridgehead atoms. The summed E-state index contributed by atoms with van der Waals surface area (Å²) in [6.07, 6.45) is 2.57. The predicted octanol–water partition coefficient (Wildman–Crippen LogP) is 3.33. The van der Waals surface area contributed by atoms with Gasteiger partial charge in [-0.05, 0) is 49.2 Å². The van der Waals surface area contributed by atoms with Gasteiger partial charge in [-0.15, -0.1) is 0 Å². The summed E-state index contributed by atoms with van der Waals surface area (Å²) < 4.78 is 5.09. The highest BCUT2D eigenvalue weighted by molar-refractivity contribution is 5.41. The van der Waals surface area contributed by atoms with Crippen molar-refractivity contribution in [3.05, 3.63) is 59.7 Å². The molecule has 1 fully saturated rings. The van der Waals surface area contributed by atoms with E-state index in [1.807, 2.05) is 12.1 Å². The maximum absolute atomic E-state index is 9.89. The van der Waals surface area contributed by atoms with Crippen molar-refractivity contribution in [3.8, 4) is 11.5 Å². The Morgan fingerprint density at radius 3 is 2.54 bits per heavy atom. The van der Waals surface area contributed by atoms with Gasteiger partial charge in [0.2, 0.25) is 0 Å². The Morgan fingerprint density at radius 2 is 1.88 bits per heavy atom. The SMILES string of the molecule is COc1ccc(CNCC(c2ccccc2)N2CCCC2)cc1O. The highest BCUT2D eigenvalue weighted by atomic mass is 16.5. The topological polar surface area (TPSA) is 44.7 Å². The van der Waals surface area contributed by atoms with E-state index < -0.39 is 0 Å². The van der Waals surface area contributed by atoms with Crippen LogP contribution in [0, 0.1) is 0 Å². The fourth-order valence-corrected chi connectivity index (χ4v) is 3.38. The van der Waals surface area contributed by atoms with E-state index in [4.69, 9.17) is 4.74 Å². The Morgan fingerprint density at radius 1 is 1.12 bits per heavy atom. The second-order valence-electron chi connectivity index (χ2n) is 6.31. The number of aromatic hydroxyl groups is 1. The zero-order valence-corrected chi connectivity index (χ0v) is 14.2. The maximum atomic E-state index is 9.89. The quantitative estimate of drug-likeness (QED) is 0.819. The summed E-state index contributed by atoms with van der Waals surface area (Å²) in [7, 11) is 1.56. The lowest BCUT2D eigenvalue weighted by Gasteiger charge is -2.28. The van der Waals surface area contributed by atoms with Crippen LogP contribution in [-0.4, -0.2) is 36.8 Å². The first-order chi connectivity index (χ1) is 11.8. The minimum absolute atomic E-state index is 0.191. The summed E-state index contributed by atoms with van der Waals surface area (Å²) in [5.74, 6) is 0.703. The van der Waals surface area contributed by atoms with Crippen molar-refractivity contribution in [3.63, 3.8) is 0 Å². The van der Waals surface area contributed by atoms with Crippen LogP contribution in [0.15, 0.2) is 48.5 Å². The number of nitrogens with one attached hydrogen (secondary N) is 1. The predicted molar refractivity (Wildman–Crippen MR) is 96.4 cm³/mol. The Bertz CT molecular complexity index is 639. The van der Waals surface area contributed by atoms with E-state index in [0.29, 0.717) is 11.8 Å². The highest BCUT2D eigenvalue weighted by Crippen LogP contribution is 2.27. The summed E-state index contributed by atoms with van der Waals surface area (Å²) in [5.41, 5.74) is 2.42.